The number of anilines is 1. The van der Waals surface area contributed by atoms with Gasteiger partial charge in [0.2, 0.25) is 5.91 Å². The molecular formula is C10H16N4O. The van der Waals surface area contributed by atoms with Gasteiger partial charge in [-0.3, -0.25) is 9.48 Å². The molecular weight excluding hydrogens is 192 g/mol. The Morgan fingerprint density at radius 2 is 2.47 bits per heavy atom. The third kappa shape index (κ3) is 2.02. The number of nitrogens with zero attached hydrogens (tertiary/aromatic N) is 2. The van der Waals surface area contributed by atoms with E-state index < -0.39 is 0 Å². The lowest BCUT2D eigenvalue weighted by Gasteiger charge is -2.25. The van der Waals surface area contributed by atoms with Gasteiger partial charge in [0.25, 0.3) is 0 Å². The van der Waals surface area contributed by atoms with E-state index >= 15 is 0 Å². The minimum Gasteiger partial charge on any atom is -0.323 e. The van der Waals surface area contributed by atoms with Gasteiger partial charge in [-0.2, -0.15) is 5.10 Å². The van der Waals surface area contributed by atoms with E-state index in [1.54, 1.807) is 4.68 Å². The van der Waals surface area contributed by atoms with Crippen LogP contribution in [0.3, 0.4) is 0 Å². The van der Waals surface area contributed by atoms with Crippen molar-refractivity contribution in [1.82, 2.24) is 15.1 Å². The Morgan fingerprint density at radius 3 is 3.00 bits per heavy atom. The van der Waals surface area contributed by atoms with Crippen molar-refractivity contribution in [1.29, 1.82) is 0 Å². The summed E-state index contributed by atoms with van der Waals surface area (Å²) in [6, 6.07) is 0. The lowest BCUT2D eigenvalue weighted by Crippen LogP contribution is -2.48. The van der Waals surface area contributed by atoms with E-state index in [0.29, 0.717) is 0 Å². The second-order valence-electron chi connectivity index (χ2n) is 3.86. The number of hydrogen-bond acceptors (Lipinski definition) is 3. The lowest BCUT2D eigenvalue weighted by molar-refractivity contribution is -0.121. The van der Waals surface area contributed by atoms with Crippen LogP contribution >= 0.6 is 0 Å². The van der Waals surface area contributed by atoms with Crippen LogP contribution in [0.25, 0.3) is 0 Å². The number of nitrogens with one attached hydrogen (secondary N) is 2. The second-order valence-corrected chi connectivity index (χ2v) is 3.86. The summed E-state index contributed by atoms with van der Waals surface area (Å²) in [4.78, 5) is 11.7. The normalized spacial score (nSPS) is 16.1. The number of hydrogen-bond donors (Lipinski definition) is 2. The average Bonchev–Trinajstić information content (AvgIpc) is 2.42. The fraction of sp³-hybridized carbons (Fsp3) is 0.600. The van der Waals surface area contributed by atoms with E-state index in [1.807, 2.05) is 20.2 Å². The molecule has 0 atom stereocenters. The highest BCUT2D eigenvalue weighted by molar-refractivity contribution is 5.93. The van der Waals surface area contributed by atoms with Crippen molar-refractivity contribution >= 4 is 11.6 Å². The molecule has 0 saturated carbocycles. The maximum atomic E-state index is 11.7. The molecule has 15 heavy (non-hydrogen) atoms. The molecule has 2 N–H and O–H groups in total. The van der Waals surface area contributed by atoms with Crippen molar-refractivity contribution in [2.75, 3.05) is 18.4 Å². The van der Waals surface area contributed by atoms with Crippen LogP contribution in [0, 0.1) is 5.92 Å². The SMILES string of the molecule is CCc1nn(C)cc1NC(=O)C1CNC1. The topological polar surface area (TPSA) is 59.0 Å². The minimum absolute atomic E-state index is 0.0939. The molecule has 0 aromatic carbocycles. The van der Waals surface area contributed by atoms with Crippen LogP contribution in [0.2, 0.25) is 0 Å². The third-order valence-electron chi connectivity index (χ3n) is 2.65. The largest absolute Gasteiger partial charge is 0.323 e. The standard InChI is InChI=1S/C10H16N4O/c1-3-8-9(6-14(2)13-8)12-10(15)7-4-11-5-7/h6-7,11H,3-5H2,1-2H3,(H,12,15). The number of rotatable bonds is 3. The van der Waals surface area contributed by atoms with E-state index in [2.05, 4.69) is 15.7 Å². The molecule has 0 aliphatic carbocycles. The molecule has 5 nitrogen and oxygen atoms in total. The average molecular weight is 208 g/mol. The molecule has 1 aliphatic rings. The van der Waals surface area contributed by atoms with Crippen molar-refractivity contribution in [2.24, 2.45) is 13.0 Å². The van der Waals surface area contributed by atoms with Gasteiger partial charge in [0.15, 0.2) is 0 Å². The Bertz CT molecular complexity index is 367. The van der Waals surface area contributed by atoms with Crippen LogP contribution in [0.5, 0.6) is 0 Å². The van der Waals surface area contributed by atoms with Gasteiger partial charge >= 0.3 is 0 Å². The molecule has 82 valence electrons. The fourth-order valence-corrected chi connectivity index (χ4v) is 1.61. The Kier molecular flexibility index (Phi) is 2.73. The molecule has 1 amide bonds. The maximum Gasteiger partial charge on any atom is 0.230 e. The van der Waals surface area contributed by atoms with Gasteiger partial charge in [-0.15, -0.1) is 0 Å². The number of aromatic nitrogens is 2. The lowest BCUT2D eigenvalue weighted by atomic mass is 10.0. The summed E-state index contributed by atoms with van der Waals surface area (Å²) in [6.45, 7) is 3.60. The summed E-state index contributed by atoms with van der Waals surface area (Å²) < 4.78 is 1.73. The molecule has 0 spiro atoms. The molecule has 2 rings (SSSR count). The Hall–Kier alpha value is -1.36. The quantitative estimate of drug-likeness (QED) is 0.743. The highest BCUT2D eigenvalue weighted by atomic mass is 16.2. The van der Waals surface area contributed by atoms with Crippen LogP contribution in [0.4, 0.5) is 5.69 Å². The number of carbonyl (C=O) groups is 1. The van der Waals surface area contributed by atoms with E-state index in [9.17, 15) is 4.79 Å². The zero-order valence-electron chi connectivity index (χ0n) is 9.08. The third-order valence-corrected chi connectivity index (χ3v) is 2.65. The van der Waals surface area contributed by atoms with Gasteiger partial charge in [0.05, 0.1) is 17.3 Å². The van der Waals surface area contributed by atoms with Crippen molar-refractivity contribution in [2.45, 2.75) is 13.3 Å². The van der Waals surface area contributed by atoms with E-state index in [0.717, 1.165) is 30.9 Å². The van der Waals surface area contributed by atoms with Gasteiger partial charge in [0.1, 0.15) is 0 Å². The van der Waals surface area contributed by atoms with Gasteiger partial charge in [-0.25, -0.2) is 0 Å². The monoisotopic (exact) mass is 208 g/mol. The summed E-state index contributed by atoms with van der Waals surface area (Å²) >= 11 is 0. The second kappa shape index (κ2) is 4.02. The maximum absolute atomic E-state index is 11.7. The minimum atomic E-state index is 0.0939. The number of aryl methyl sites for hydroxylation is 2. The molecule has 1 aromatic rings. The van der Waals surface area contributed by atoms with Crippen LogP contribution < -0.4 is 10.6 Å². The van der Waals surface area contributed by atoms with Gasteiger partial charge < -0.3 is 10.6 Å². The van der Waals surface area contributed by atoms with E-state index in [-0.39, 0.29) is 11.8 Å². The highest BCUT2D eigenvalue weighted by Gasteiger charge is 2.25. The first kappa shape index (κ1) is 10.2. The molecule has 1 aromatic heterocycles. The molecule has 1 saturated heterocycles. The Labute approximate surface area is 88.8 Å². The molecule has 1 aliphatic heterocycles. The van der Waals surface area contributed by atoms with E-state index in [4.69, 9.17) is 0 Å². The van der Waals surface area contributed by atoms with Crippen LogP contribution in [0.15, 0.2) is 6.20 Å². The summed E-state index contributed by atoms with van der Waals surface area (Å²) in [5.74, 6) is 0.214. The number of carbonyl (C=O) groups excluding carboxylic acids is 1. The first-order valence-corrected chi connectivity index (χ1v) is 5.24. The smallest absolute Gasteiger partial charge is 0.230 e. The first-order chi connectivity index (χ1) is 7.20. The summed E-state index contributed by atoms with van der Waals surface area (Å²) in [6.07, 6.45) is 2.68. The highest BCUT2D eigenvalue weighted by Crippen LogP contribution is 2.15. The molecule has 2 heterocycles. The van der Waals surface area contributed by atoms with Gasteiger partial charge in [-0.1, -0.05) is 6.92 Å². The Morgan fingerprint density at radius 1 is 1.73 bits per heavy atom. The van der Waals surface area contributed by atoms with Crippen molar-refractivity contribution in [3.05, 3.63) is 11.9 Å². The van der Waals surface area contributed by atoms with Crippen LogP contribution in [-0.2, 0) is 18.3 Å². The van der Waals surface area contributed by atoms with Gasteiger partial charge in [0, 0.05) is 26.3 Å². The van der Waals surface area contributed by atoms with Gasteiger partial charge in [-0.05, 0) is 6.42 Å². The van der Waals surface area contributed by atoms with Crippen molar-refractivity contribution < 1.29 is 4.79 Å². The van der Waals surface area contributed by atoms with Crippen molar-refractivity contribution in [3.8, 4) is 0 Å². The molecule has 5 heteroatoms. The molecule has 0 radical (unpaired) electrons. The Balaban J connectivity index is 2.05. The first-order valence-electron chi connectivity index (χ1n) is 5.24. The van der Waals surface area contributed by atoms with Crippen LogP contribution in [-0.4, -0.2) is 28.8 Å². The summed E-state index contributed by atoms with van der Waals surface area (Å²) in [7, 11) is 1.86. The molecule has 0 unspecified atom stereocenters. The van der Waals surface area contributed by atoms with E-state index in [1.165, 1.54) is 0 Å². The number of amides is 1. The van der Waals surface area contributed by atoms with Crippen molar-refractivity contribution in [3.63, 3.8) is 0 Å². The molecule has 1 fully saturated rings. The predicted molar refractivity (Wildman–Crippen MR) is 57.6 cm³/mol. The predicted octanol–water partition coefficient (Wildman–Crippen LogP) is 0.140. The summed E-state index contributed by atoms with van der Waals surface area (Å²) in [5.41, 5.74) is 1.79. The molecule has 0 bridgehead atoms. The van der Waals surface area contributed by atoms with Crippen LogP contribution in [0.1, 0.15) is 12.6 Å². The zero-order chi connectivity index (χ0) is 10.8. The zero-order valence-corrected chi connectivity index (χ0v) is 9.08. The fourth-order valence-electron chi connectivity index (χ4n) is 1.61. The summed E-state index contributed by atoms with van der Waals surface area (Å²) in [5, 5.41) is 10.3.